The Morgan fingerprint density at radius 2 is 1.21 bits per heavy atom. The summed E-state index contributed by atoms with van der Waals surface area (Å²) in [5, 5.41) is 0. The minimum Gasteiger partial charge on any atom is -0.264 e. The van der Waals surface area contributed by atoms with Crippen LogP contribution in [-0.2, 0) is 0 Å². The quantitative estimate of drug-likeness (QED) is 0.741. The SMILES string of the molecule is Brc1cccnc1.Brc1cccnc1. The zero-order valence-electron chi connectivity index (χ0n) is 7.27. The fourth-order valence-electron chi connectivity index (χ4n) is 0.684. The summed E-state index contributed by atoms with van der Waals surface area (Å²) in [6.07, 6.45) is 6.98. The fraction of sp³-hybridized carbons (Fsp3) is 0. The van der Waals surface area contributed by atoms with E-state index in [9.17, 15) is 0 Å². The second kappa shape index (κ2) is 6.68. The molecule has 0 saturated carbocycles. The van der Waals surface area contributed by atoms with Gasteiger partial charge in [-0.1, -0.05) is 0 Å². The van der Waals surface area contributed by atoms with Gasteiger partial charge in [-0.05, 0) is 56.1 Å². The van der Waals surface area contributed by atoms with Crippen molar-refractivity contribution in [3.63, 3.8) is 0 Å². The van der Waals surface area contributed by atoms with Gasteiger partial charge < -0.3 is 0 Å². The van der Waals surface area contributed by atoms with Crippen molar-refractivity contribution in [2.75, 3.05) is 0 Å². The molecular formula is C10H8Br2N2. The van der Waals surface area contributed by atoms with E-state index in [2.05, 4.69) is 41.8 Å². The highest BCUT2D eigenvalue weighted by Crippen LogP contribution is 2.03. The molecule has 0 aliphatic rings. The average molecular weight is 316 g/mol. The second-order valence-corrected chi connectivity index (χ2v) is 4.17. The summed E-state index contributed by atoms with van der Waals surface area (Å²) >= 11 is 6.50. The van der Waals surface area contributed by atoms with Crippen LogP contribution in [0.3, 0.4) is 0 Å². The van der Waals surface area contributed by atoms with E-state index in [0.717, 1.165) is 8.95 Å². The Balaban J connectivity index is 0.000000140. The van der Waals surface area contributed by atoms with Crippen molar-refractivity contribution in [2.45, 2.75) is 0 Å². The topological polar surface area (TPSA) is 25.8 Å². The number of aromatic nitrogens is 2. The molecule has 0 aliphatic heterocycles. The summed E-state index contributed by atoms with van der Waals surface area (Å²) in [5.41, 5.74) is 0. The lowest BCUT2D eigenvalue weighted by molar-refractivity contribution is 1.31. The number of rotatable bonds is 0. The molecule has 0 aliphatic carbocycles. The molecule has 2 rings (SSSR count). The summed E-state index contributed by atoms with van der Waals surface area (Å²) < 4.78 is 2.05. The third-order valence-corrected chi connectivity index (χ3v) is 2.19. The van der Waals surface area contributed by atoms with Gasteiger partial charge in [0, 0.05) is 33.7 Å². The lowest BCUT2D eigenvalue weighted by Gasteiger charge is -1.80. The number of hydrogen-bond donors (Lipinski definition) is 0. The van der Waals surface area contributed by atoms with Crippen molar-refractivity contribution < 1.29 is 0 Å². The van der Waals surface area contributed by atoms with E-state index in [-0.39, 0.29) is 0 Å². The summed E-state index contributed by atoms with van der Waals surface area (Å²) in [4.78, 5) is 7.67. The van der Waals surface area contributed by atoms with Crippen molar-refractivity contribution in [1.29, 1.82) is 0 Å². The summed E-state index contributed by atoms with van der Waals surface area (Å²) in [5.74, 6) is 0. The van der Waals surface area contributed by atoms with E-state index in [0.29, 0.717) is 0 Å². The number of pyridine rings is 2. The molecule has 2 aromatic heterocycles. The van der Waals surface area contributed by atoms with E-state index in [4.69, 9.17) is 0 Å². The van der Waals surface area contributed by atoms with Crippen molar-refractivity contribution in [3.8, 4) is 0 Å². The van der Waals surface area contributed by atoms with Gasteiger partial charge in [0.25, 0.3) is 0 Å². The molecule has 2 aromatic rings. The van der Waals surface area contributed by atoms with Crippen LogP contribution in [0.5, 0.6) is 0 Å². The van der Waals surface area contributed by atoms with Crippen molar-refractivity contribution in [1.82, 2.24) is 9.97 Å². The van der Waals surface area contributed by atoms with Crippen LogP contribution in [0.25, 0.3) is 0 Å². The Bertz CT molecular complexity index is 314. The Morgan fingerprint density at radius 3 is 1.36 bits per heavy atom. The first-order valence-electron chi connectivity index (χ1n) is 3.90. The predicted molar refractivity (Wildman–Crippen MR) is 63.9 cm³/mol. The molecule has 0 fully saturated rings. The Kier molecular flexibility index (Phi) is 5.40. The van der Waals surface area contributed by atoms with E-state index in [1.807, 2.05) is 24.3 Å². The van der Waals surface area contributed by atoms with Gasteiger partial charge in [-0.2, -0.15) is 0 Å². The smallest absolute Gasteiger partial charge is 0.0410 e. The van der Waals surface area contributed by atoms with Gasteiger partial charge in [-0.25, -0.2) is 0 Å². The maximum Gasteiger partial charge on any atom is 0.0410 e. The van der Waals surface area contributed by atoms with Crippen LogP contribution in [0, 0.1) is 0 Å². The fourth-order valence-corrected chi connectivity index (χ4v) is 1.23. The molecule has 0 spiro atoms. The highest BCUT2D eigenvalue weighted by Gasteiger charge is 1.76. The van der Waals surface area contributed by atoms with Gasteiger partial charge in [-0.15, -0.1) is 0 Å². The second-order valence-electron chi connectivity index (χ2n) is 2.34. The minimum atomic E-state index is 1.02. The molecule has 0 aromatic carbocycles. The first-order chi connectivity index (χ1) is 6.79. The monoisotopic (exact) mass is 314 g/mol. The van der Waals surface area contributed by atoms with Gasteiger partial charge >= 0.3 is 0 Å². The van der Waals surface area contributed by atoms with Crippen LogP contribution in [-0.4, -0.2) is 9.97 Å². The summed E-state index contributed by atoms with van der Waals surface area (Å²) in [6.45, 7) is 0. The Hall–Kier alpha value is -0.740. The van der Waals surface area contributed by atoms with Gasteiger partial charge in [0.2, 0.25) is 0 Å². The van der Waals surface area contributed by atoms with Crippen molar-refractivity contribution in [3.05, 3.63) is 58.0 Å². The lowest BCUT2D eigenvalue weighted by Crippen LogP contribution is -1.64. The van der Waals surface area contributed by atoms with Crippen molar-refractivity contribution in [2.24, 2.45) is 0 Å². The van der Waals surface area contributed by atoms with Crippen LogP contribution >= 0.6 is 31.9 Å². The standard InChI is InChI=1S/2C5H4BrN/c2*6-5-2-1-3-7-4-5/h2*1-4H. The normalized spacial score (nSPS) is 8.71. The highest BCUT2D eigenvalue weighted by molar-refractivity contribution is 9.10. The maximum absolute atomic E-state index is 3.84. The average Bonchev–Trinajstić information content (AvgIpc) is 2.21. The van der Waals surface area contributed by atoms with Gasteiger partial charge in [-0.3, -0.25) is 9.97 Å². The van der Waals surface area contributed by atoms with Crippen LogP contribution in [0.1, 0.15) is 0 Å². The molecule has 72 valence electrons. The molecule has 2 heterocycles. The first kappa shape index (κ1) is 11.3. The van der Waals surface area contributed by atoms with Gasteiger partial charge in [0.15, 0.2) is 0 Å². The molecule has 0 radical (unpaired) electrons. The van der Waals surface area contributed by atoms with E-state index >= 15 is 0 Å². The van der Waals surface area contributed by atoms with E-state index in [1.165, 1.54) is 0 Å². The summed E-state index contributed by atoms with van der Waals surface area (Å²) in [7, 11) is 0. The third kappa shape index (κ3) is 5.09. The molecule has 0 amide bonds. The molecular weight excluding hydrogens is 308 g/mol. The van der Waals surface area contributed by atoms with Crippen LogP contribution in [0.4, 0.5) is 0 Å². The lowest BCUT2D eigenvalue weighted by atomic mass is 10.5. The molecule has 4 heteroatoms. The van der Waals surface area contributed by atoms with E-state index < -0.39 is 0 Å². The predicted octanol–water partition coefficient (Wildman–Crippen LogP) is 3.69. The van der Waals surface area contributed by atoms with Crippen molar-refractivity contribution >= 4 is 31.9 Å². The number of nitrogens with zero attached hydrogens (tertiary/aromatic N) is 2. The number of hydrogen-bond acceptors (Lipinski definition) is 2. The maximum atomic E-state index is 3.84. The minimum absolute atomic E-state index is 1.02. The molecule has 0 saturated heterocycles. The molecule has 0 atom stereocenters. The van der Waals surface area contributed by atoms with Gasteiger partial charge in [0.05, 0.1) is 0 Å². The zero-order valence-corrected chi connectivity index (χ0v) is 10.4. The van der Waals surface area contributed by atoms with E-state index in [1.54, 1.807) is 24.8 Å². The largest absolute Gasteiger partial charge is 0.264 e. The van der Waals surface area contributed by atoms with Crippen LogP contribution < -0.4 is 0 Å². The van der Waals surface area contributed by atoms with Gasteiger partial charge in [0.1, 0.15) is 0 Å². The zero-order chi connectivity index (χ0) is 10.2. The van der Waals surface area contributed by atoms with Crippen LogP contribution in [0.15, 0.2) is 58.0 Å². The molecule has 0 bridgehead atoms. The summed E-state index contributed by atoms with van der Waals surface area (Å²) in [6, 6.07) is 7.63. The first-order valence-corrected chi connectivity index (χ1v) is 5.48. The van der Waals surface area contributed by atoms with Crippen LogP contribution in [0.2, 0.25) is 0 Å². The molecule has 0 unspecified atom stereocenters. The molecule has 2 nitrogen and oxygen atoms in total. The number of halogens is 2. The Morgan fingerprint density at radius 1 is 0.786 bits per heavy atom. The molecule has 14 heavy (non-hydrogen) atoms. The molecule has 0 N–H and O–H groups in total. The highest BCUT2D eigenvalue weighted by atomic mass is 79.9. The Labute approximate surface area is 99.7 Å². The third-order valence-electron chi connectivity index (χ3n) is 1.25.